The van der Waals surface area contributed by atoms with Gasteiger partial charge in [-0.1, -0.05) is 15.9 Å². The van der Waals surface area contributed by atoms with Crippen molar-refractivity contribution in [3.05, 3.63) is 40.2 Å². The fourth-order valence-electron chi connectivity index (χ4n) is 1.47. The van der Waals surface area contributed by atoms with E-state index in [9.17, 15) is 9.18 Å². The molecule has 1 aromatic carbocycles. The summed E-state index contributed by atoms with van der Waals surface area (Å²) in [4.78, 5) is 15.6. The molecule has 3 nitrogen and oxygen atoms in total. The second-order valence-corrected chi connectivity index (χ2v) is 4.23. The lowest BCUT2D eigenvalue weighted by Crippen LogP contribution is -2.07. The SMILES string of the molecule is CCOC(=O)c1cc(Br)c2ccc(F)cc2n1. The lowest BCUT2D eigenvalue weighted by atomic mass is 10.2. The van der Waals surface area contributed by atoms with Gasteiger partial charge in [-0.3, -0.25) is 0 Å². The Balaban J connectivity index is 2.57. The van der Waals surface area contributed by atoms with Gasteiger partial charge < -0.3 is 4.74 Å². The quantitative estimate of drug-likeness (QED) is 0.798. The molecule has 2 aromatic rings. The molecule has 0 saturated carbocycles. The summed E-state index contributed by atoms with van der Waals surface area (Å²) in [5.41, 5.74) is 0.583. The first-order valence-corrected chi connectivity index (χ1v) is 5.84. The van der Waals surface area contributed by atoms with Crippen molar-refractivity contribution in [1.82, 2.24) is 4.98 Å². The number of fused-ring (bicyclic) bond motifs is 1. The van der Waals surface area contributed by atoms with E-state index in [0.717, 1.165) is 5.39 Å². The number of hydrogen-bond donors (Lipinski definition) is 0. The third-order valence-electron chi connectivity index (χ3n) is 2.21. The number of benzene rings is 1. The molecule has 0 unspecified atom stereocenters. The molecule has 2 rings (SSSR count). The first-order chi connectivity index (χ1) is 8.11. The third-order valence-corrected chi connectivity index (χ3v) is 2.86. The molecule has 0 fully saturated rings. The Kier molecular flexibility index (Phi) is 3.38. The van der Waals surface area contributed by atoms with Crippen LogP contribution in [-0.4, -0.2) is 17.6 Å². The molecule has 0 amide bonds. The van der Waals surface area contributed by atoms with Crippen LogP contribution in [0.2, 0.25) is 0 Å². The van der Waals surface area contributed by atoms with Crippen LogP contribution in [-0.2, 0) is 4.74 Å². The lowest BCUT2D eigenvalue weighted by molar-refractivity contribution is 0.0520. The second-order valence-electron chi connectivity index (χ2n) is 3.37. The molecule has 1 aromatic heterocycles. The minimum Gasteiger partial charge on any atom is -0.461 e. The van der Waals surface area contributed by atoms with Crippen molar-refractivity contribution in [3.8, 4) is 0 Å². The Morgan fingerprint density at radius 3 is 2.94 bits per heavy atom. The third kappa shape index (κ3) is 2.44. The minimum atomic E-state index is -0.514. The average molecular weight is 298 g/mol. The van der Waals surface area contributed by atoms with Crippen LogP contribution in [0.15, 0.2) is 28.7 Å². The lowest BCUT2D eigenvalue weighted by Gasteiger charge is -2.05. The van der Waals surface area contributed by atoms with E-state index >= 15 is 0 Å². The van der Waals surface area contributed by atoms with Crippen LogP contribution in [0.3, 0.4) is 0 Å². The number of ether oxygens (including phenoxy) is 1. The number of carbonyl (C=O) groups is 1. The standard InChI is InChI=1S/C12H9BrFNO2/c1-2-17-12(16)11-6-9(13)8-4-3-7(14)5-10(8)15-11/h3-6H,2H2,1H3. The van der Waals surface area contributed by atoms with E-state index in [1.807, 2.05) is 0 Å². The van der Waals surface area contributed by atoms with Gasteiger partial charge in [-0.25, -0.2) is 14.2 Å². The Morgan fingerprint density at radius 2 is 2.24 bits per heavy atom. The molecule has 17 heavy (non-hydrogen) atoms. The number of aromatic nitrogens is 1. The number of halogens is 2. The molecule has 0 bridgehead atoms. The second kappa shape index (κ2) is 4.79. The topological polar surface area (TPSA) is 39.2 Å². The summed E-state index contributed by atoms with van der Waals surface area (Å²) in [6, 6.07) is 5.80. The minimum absolute atomic E-state index is 0.164. The zero-order chi connectivity index (χ0) is 12.4. The maximum absolute atomic E-state index is 13.1. The Bertz CT molecular complexity index is 586. The molecule has 0 radical (unpaired) electrons. The van der Waals surface area contributed by atoms with Gasteiger partial charge in [0.05, 0.1) is 12.1 Å². The number of hydrogen-bond acceptors (Lipinski definition) is 3. The van der Waals surface area contributed by atoms with Gasteiger partial charge >= 0.3 is 5.97 Å². The molecular weight excluding hydrogens is 289 g/mol. The summed E-state index contributed by atoms with van der Waals surface area (Å²) in [7, 11) is 0. The molecule has 0 aliphatic carbocycles. The van der Waals surface area contributed by atoms with Gasteiger partial charge in [0.15, 0.2) is 0 Å². The fraction of sp³-hybridized carbons (Fsp3) is 0.167. The summed E-state index contributed by atoms with van der Waals surface area (Å²) in [5.74, 6) is -0.905. The van der Waals surface area contributed by atoms with Crippen molar-refractivity contribution in [2.45, 2.75) is 6.92 Å². The van der Waals surface area contributed by atoms with E-state index in [1.165, 1.54) is 12.1 Å². The van der Waals surface area contributed by atoms with Crippen LogP contribution >= 0.6 is 15.9 Å². The van der Waals surface area contributed by atoms with Crippen LogP contribution in [0, 0.1) is 5.82 Å². The first kappa shape index (κ1) is 12.0. The van der Waals surface area contributed by atoms with E-state index in [-0.39, 0.29) is 12.3 Å². The molecule has 88 valence electrons. The molecule has 0 N–H and O–H groups in total. The fourth-order valence-corrected chi connectivity index (χ4v) is 2.02. The Hall–Kier alpha value is -1.49. The summed E-state index contributed by atoms with van der Waals surface area (Å²) in [6.07, 6.45) is 0. The molecule has 0 atom stereocenters. The average Bonchev–Trinajstić information content (AvgIpc) is 2.28. The highest BCUT2D eigenvalue weighted by Gasteiger charge is 2.12. The predicted molar refractivity (Wildman–Crippen MR) is 65.4 cm³/mol. The highest BCUT2D eigenvalue weighted by Crippen LogP contribution is 2.24. The zero-order valence-electron chi connectivity index (χ0n) is 9.04. The van der Waals surface area contributed by atoms with Crippen LogP contribution in [0.4, 0.5) is 4.39 Å². The Labute approximate surface area is 106 Å². The number of nitrogens with zero attached hydrogens (tertiary/aromatic N) is 1. The smallest absolute Gasteiger partial charge is 0.356 e. The van der Waals surface area contributed by atoms with Crippen LogP contribution < -0.4 is 0 Å². The van der Waals surface area contributed by atoms with E-state index in [0.29, 0.717) is 9.99 Å². The normalized spacial score (nSPS) is 10.5. The van der Waals surface area contributed by atoms with Crippen molar-refractivity contribution >= 4 is 32.8 Å². The van der Waals surface area contributed by atoms with E-state index < -0.39 is 11.8 Å². The number of pyridine rings is 1. The molecule has 0 aliphatic heterocycles. The summed E-state index contributed by atoms with van der Waals surface area (Å²) >= 11 is 3.32. The molecule has 0 spiro atoms. The van der Waals surface area contributed by atoms with Crippen LogP contribution in [0.25, 0.3) is 10.9 Å². The van der Waals surface area contributed by atoms with Crippen LogP contribution in [0.1, 0.15) is 17.4 Å². The summed E-state index contributed by atoms with van der Waals surface area (Å²) in [5, 5.41) is 0.749. The van der Waals surface area contributed by atoms with Crippen molar-refractivity contribution < 1.29 is 13.9 Å². The van der Waals surface area contributed by atoms with Crippen LogP contribution in [0.5, 0.6) is 0 Å². The summed E-state index contributed by atoms with van der Waals surface area (Å²) < 4.78 is 18.6. The highest BCUT2D eigenvalue weighted by molar-refractivity contribution is 9.10. The predicted octanol–water partition coefficient (Wildman–Crippen LogP) is 3.31. The molecule has 0 aliphatic rings. The van der Waals surface area contributed by atoms with Gasteiger partial charge in [0.2, 0.25) is 0 Å². The van der Waals surface area contributed by atoms with Gasteiger partial charge in [-0.15, -0.1) is 0 Å². The van der Waals surface area contributed by atoms with Gasteiger partial charge in [-0.2, -0.15) is 0 Å². The maximum atomic E-state index is 13.1. The Morgan fingerprint density at radius 1 is 1.47 bits per heavy atom. The van der Waals surface area contributed by atoms with Gasteiger partial charge in [0, 0.05) is 15.9 Å². The first-order valence-electron chi connectivity index (χ1n) is 5.04. The van der Waals surface area contributed by atoms with Gasteiger partial charge in [0.1, 0.15) is 11.5 Å². The van der Waals surface area contributed by atoms with Crippen molar-refractivity contribution in [3.63, 3.8) is 0 Å². The maximum Gasteiger partial charge on any atom is 0.356 e. The monoisotopic (exact) mass is 297 g/mol. The molecule has 0 saturated heterocycles. The largest absolute Gasteiger partial charge is 0.461 e. The van der Waals surface area contributed by atoms with Crippen molar-refractivity contribution in [1.29, 1.82) is 0 Å². The number of rotatable bonds is 2. The van der Waals surface area contributed by atoms with E-state index in [1.54, 1.807) is 19.1 Å². The molecule has 1 heterocycles. The highest BCUT2D eigenvalue weighted by atomic mass is 79.9. The van der Waals surface area contributed by atoms with Gasteiger partial charge in [-0.05, 0) is 25.1 Å². The van der Waals surface area contributed by atoms with Gasteiger partial charge in [0.25, 0.3) is 0 Å². The number of carbonyl (C=O) groups excluding carboxylic acids is 1. The zero-order valence-corrected chi connectivity index (χ0v) is 10.6. The van der Waals surface area contributed by atoms with Crippen molar-refractivity contribution in [2.75, 3.05) is 6.61 Å². The number of esters is 1. The summed E-state index contributed by atoms with van der Waals surface area (Å²) in [6.45, 7) is 1.99. The van der Waals surface area contributed by atoms with E-state index in [2.05, 4.69) is 20.9 Å². The molecular formula is C12H9BrFNO2. The van der Waals surface area contributed by atoms with E-state index in [4.69, 9.17) is 4.74 Å². The molecule has 5 heteroatoms. The van der Waals surface area contributed by atoms with Crippen molar-refractivity contribution in [2.24, 2.45) is 0 Å².